The molecule has 1 aliphatic carbocycles. The maximum Gasteiger partial charge on any atom is 0.253 e. The smallest absolute Gasteiger partial charge is 0.253 e. The van der Waals surface area contributed by atoms with E-state index >= 15 is 0 Å². The number of fused-ring (bicyclic) bond motifs is 2. The minimum absolute atomic E-state index is 0.0750. The van der Waals surface area contributed by atoms with Gasteiger partial charge in [0.15, 0.2) is 0 Å². The summed E-state index contributed by atoms with van der Waals surface area (Å²) in [6.45, 7) is 10.4. The summed E-state index contributed by atoms with van der Waals surface area (Å²) < 4.78 is 5.42. The molecule has 0 spiro atoms. The molecule has 4 aliphatic rings. The molecule has 1 N–H and O–H groups in total. The third-order valence-corrected chi connectivity index (χ3v) is 9.83. The average Bonchev–Trinajstić information content (AvgIpc) is 3.00. The molecule has 0 radical (unpaired) electrons. The molecule has 1 aromatic carbocycles. The summed E-state index contributed by atoms with van der Waals surface area (Å²) in [4.78, 5) is 25.0. The van der Waals surface area contributed by atoms with E-state index in [-0.39, 0.29) is 12.5 Å². The van der Waals surface area contributed by atoms with Crippen LogP contribution < -0.4 is 10.2 Å². The molecule has 0 bridgehead atoms. The first-order valence-corrected chi connectivity index (χ1v) is 15.8. The molecule has 2 atom stereocenters. The van der Waals surface area contributed by atoms with E-state index in [1.54, 1.807) is 0 Å². The largest absolute Gasteiger partial charge is 0.370 e. The van der Waals surface area contributed by atoms with Crippen molar-refractivity contribution in [2.24, 2.45) is 5.92 Å². The van der Waals surface area contributed by atoms with Crippen LogP contribution in [0.1, 0.15) is 73.9 Å². The topological polar surface area (TPSA) is 60.9 Å². The number of hydrogen-bond donors (Lipinski definition) is 1. The van der Waals surface area contributed by atoms with E-state index in [0.717, 1.165) is 44.1 Å². The number of aryl methyl sites for hydroxylation is 1. The summed E-state index contributed by atoms with van der Waals surface area (Å²) in [5, 5.41) is 3.87. The predicted molar refractivity (Wildman–Crippen MR) is 160 cm³/mol. The van der Waals surface area contributed by atoms with Crippen LogP contribution in [-0.4, -0.2) is 79.2 Å². The van der Waals surface area contributed by atoms with E-state index < -0.39 is 0 Å². The second kappa shape index (κ2) is 13.1. The number of nitrogens with one attached hydrogen (secondary N) is 1. The van der Waals surface area contributed by atoms with Gasteiger partial charge in [-0.05, 0) is 112 Å². The van der Waals surface area contributed by atoms with E-state index in [2.05, 4.69) is 52.4 Å². The highest BCUT2D eigenvalue weighted by atomic mass is 16.5. The fourth-order valence-corrected chi connectivity index (χ4v) is 7.52. The lowest BCUT2D eigenvalue weighted by Gasteiger charge is -2.40. The molecule has 2 saturated heterocycles. The maximum absolute atomic E-state index is 12.7. The molecular weight excluding hydrogens is 498 g/mol. The number of amides is 1. The standard InChI is InChI=1S/C33H47N5O2/c1-2-36-17-13-25(14-18-36)7-6-16-37(31-12-3-8-26-10-5-15-34-33(26)31)23-28-21-29-27(22-35-28)9-4-11-30(29)38-19-20-40-24-32(38)39/h4-5,9-11,15,25,28,31,35H,2-3,6-8,12-14,16-24H2,1H3/t28-,31+/m1/s1. The van der Waals surface area contributed by atoms with Crippen LogP contribution in [0.2, 0.25) is 0 Å². The molecule has 7 nitrogen and oxygen atoms in total. The van der Waals surface area contributed by atoms with Crippen LogP contribution >= 0.6 is 0 Å². The quantitative estimate of drug-likeness (QED) is 0.506. The number of carbonyl (C=O) groups is 1. The Bertz CT molecular complexity index is 1150. The molecule has 40 heavy (non-hydrogen) atoms. The van der Waals surface area contributed by atoms with E-state index in [1.165, 1.54) is 80.5 Å². The number of pyridine rings is 1. The molecule has 7 heteroatoms. The number of rotatable bonds is 9. The third-order valence-electron chi connectivity index (χ3n) is 9.83. The summed E-state index contributed by atoms with van der Waals surface area (Å²) in [6, 6.07) is 11.6. The highest BCUT2D eigenvalue weighted by Crippen LogP contribution is 2.35. The van der Waals surface area contributed by atoms with E-state index in [0.29, 0.717) is 25.2 Å². The normalized spacial score (nSPS) is 24.2. The summed E-state index contributed by atoms with van der Waals surface area (Å²) in [6.07, 6.45) is 11.8. The van der Waals surface area contributed by atoms with Gasteiger partial charge in [-0.15, -0.1) is 0 Å². The van der Waals surface area contributed by atoms with Gasteiger partial charge in [-0.25, -0.2) is 0 Å². The SMILES string of the molecule is CCN1CCC(CCCN(C[C@H]2Cc3c(cccc3N3CCOCC3=O)CN2)[C@H]2CCCc3cccnc32)CC1. The number of benzene rings is 1. The number of hydrogen-bond acceptors (Lipinski definition) is 6. The van der Waals surface area contributed by atoms with Crippen molar-refractivity contribution < 1.29 is 9.53 Å². The van der Waals surface area contributed by atoms with Crippen molar-refractivity contribution in [3.63, 3.8) is 0 Å². The first-order valence-electron chi connectivity index (χ1n) is 15.8. The van der Waals surface area contributed by atoms with Crippen LogP contribution in [0.4, 0.5) is 5.69 Å². The zero-order valence-electron chi connectivity index (χ0n) is 24.3. The molecule has 216 valence electrons. The van der Waals surface area contributed by atoms with Crippen LogP contribution in [0.3, 0.4) is 0 Å². The lowest BCUT2D eigenvalue weighted by Crippen LogP contribution is -2.48. The van der Waals surface area contributed by atoms with Gasteiger partial charge in [0.1, 0.15) is 6.61 Å². The molecule has 4 heterocycles. The summed E-state index contributed by atoms with van der Waals surface area (Å²) >= 11 is 0. The molecule has 0 unspecified atom stereocenters. The Labute approximate surface area is 240 Å². The van der Waals surface area contributed by atoms with Crippen molar-refractivity contribution >= 4 is 11.6 Å². The summed E-state index contributed by atoms with van der Waals surface area (Å²) in [5.74, 6) is 0.945. The maximum atomic E-state index is 12.7. The second-order valence-corrected chi connectivity index (χ2v) is 12.3. The van der Waals surface area contributed by atoms with Gasteiger partial charge in [0.25, 0.3) is 5.91 Å². The number of carbonyl (C=O) groups excluding carboxylic acids is 1. The van der Waals surface area contributed by atoms with Gasteiger partial charge >= 0.3 is 0 Å². The highest BCUT2D eigenvalue weighted by molar-refractivity contribution is 5.95. The first kappa shape index (κ1) is 27.8. The molecule has 1 aromatic heterocycles. The van der Waals surface area contributed by atoms with E-state index in [1.807, 2.05) is 11.1 Å². The lowest BCUT2D eigenvalue weighted by molar-refractivity contribution is -0.125. The van der Waals surface area contributed by atoms with Gasteiger partial charge in [0, 0.05) is 37.6 Å². The number of piperidine rings is 1. The Morgan fingerprint density at radius 1 is 1.10 bits per heavy atom. The van der Waals surface area contributed by atoms with Gasteiger partial charge < -0.3 is 19.9 Å². The Balaban J connectivity index is 1.17. The zero-order chi connectivity index (χ0) is 27.3. The number of ether oxygens (including phenoxy) is 1. The van der Waals surface area contributed by atoms with Gasteiger partial charge in [-0.3, -0.25) is 14.7 Å². The number of anilines is 1. The van der Waals surface area contributed by atoms with Crippen LogP contribution in [-0.2, 0) is 28.9 Å². The van der Waals surface area contributed by atoms with Crippen molar-refractivity contribution in [1.29, 1.82) is 0 Å². The van der Waals surface area contributed by atoms with E-state index in [4.69, 9.17) is 9.72 Å². The predicted octanol–water partition coefficient (Wildman–Crippen LogP) is 4.35. The second-order valence-electron chi connectivity index (χ2n) is 12.3. The molecule has 0 saturated carbocycles. The minimum Gasteiger partial charge on any atom is -0.370 e. The van der Waals surface area contributed by atoms with Crippen molar-refractivity contribution in [3.05, 3.63) is 58.9 Å². The number of morpholine rings is 1. The molecule has 1 amide bonds. The van der Waals surface area contributed by atoms with Crippen LogP contribution in [0.5, 0.6) is 0 Å². The fourth-order valence-electron chi connectivity index (χ4n) is 7.52. The van der Waals surface area contributed by atoms with Crippen LogP contribution in [0, 0.1) is 5.92 Å². The molecule has 2 aromatic rings. The first-order chi connectivity index (χ1) is 19.7. The van der Waals surface area contributed by atoms with Gasteiger partial charge in [-0.1, -0.05) is 25.1 Å². The van der Waals surface area contributed by atoms with Crippen molar-refractivity contribution in [1.82, 2.24) is 20.1 Å². The Morgan fingerprint density at radius 2 is 1.98 bits per heavy atom. The van der Waals surface area contributed by atoms with E-state index in [9.17, 15) is 4.79 Å². The summed E-state index contributed by atoms with van der Waals surface area (Å²) in [5.41, 5.74) is 6.49. The van der Waals surface area contributed by atoms with Crippen LogP contribution in [0.25, 0.3) is 0 Å². The fraction of sp³-hybridized carbons (Fsp3) is 0.636. The minimum atomic E-state index is 0.0750. The van der Waals surface area contributed by atoms with Gasteiger partial charge in [0.2, 0.25) is 0 Å². The lowest BCUT2D eigenvalue weighted by atomic mass is 9.88. The summed E-state index contributed by atoms with van der Waals surface area (Å²) in [7, 11) is 0. The van der Waals surface area contributed by atoms with Crippen molar-refractivity contribution in [3.8, 4) is 0 Å². The number of likely N-dealkylation sites (tertiary alicyclic amines) is 1. The van der Waals surface area contributed by atoms with Crippen molar-refractivity contribution in [2.75, 3.05) is 57.4 Å². The monoisotopic (exact) mass is 545 g/mol. The Hall–Kier alpha value is -2.32. The van der Waals surface area contributed by atoms with Gasteiger partial charge in [-0.2, -0.15) is 0 Å². The molecular formula is C33H47N5O2. The Morgan fingerprint density at radius 3 is 2.83 bits per heavy atom. The van der Waals surface area contributed by atoms with Gasteiger partial charge in [0.05, 0.1) is 18.3 Å². The highest BCUT2D eigenvalue weighted by Gasteiger charge is 2.32. The molecule has 6 rings (SSSR count). The Kier molecular flexibility index (Phi) is 9.12. The third kappa shape index (κ3) is 6.28. The number of nitrogens with zero attached hydrogens (tertiary/aromatic N) is 4. The van der Waals surface area contributed by atoms with Crippen molar-refractivity contribution in [2.45, 2.75) is 76.9 Å². The number of aromatic nitrogens is 1. The van der Waals surface area contributed by atoms with Crippen LogP contribution in [0.15, 0.2) is 36.5 Å². The molecule has 3 aliphatic heterocycles. The average molecular weight is 546 g/mol. The molecule has 2 fully saturated rings. The zero-order valence-corrected chi connectivity index (χ0v) is 24.3.